The van der Waals surface area contributed by atoms with Gasteiger partial charge in [0.15, 0.2) is 0 Å². The lowest BCUT2D eigenvalue weighted by atomic mass is 9.95. The summed E-state index contributed by atoms with van der Waals surface area (Å²) in [6, 6.07) is 13.4. The first kappa shape index (κ1) is 23.3. The van der Waals surface area contributed by atoms with Gasteiger partial charge in [0.2, 0.25) is 0 Å². The summed E-state index contributed by atoms with van der Waals surface area (Å²) >= 11 is 0. The Morgan fingerprint density at radius 3 is 2.22 bits per heavy atom. The van der Waals surface area contributed by atoms with E-state index in [4.69, 9.17) is 9.47 Å². The number of amides is 1. The van der Waals surface area contributed by atoms with Crippen LogP contribution in [0.25, 0.3) is 5.76 Å². The van der Waals surface area contributed by atoms with Crippen molar-refractivity contribution in [2.45, 2.75) is 19.4 Å². The van der Waals surface area contributed by atoms with Crippen molar-refractivity contribution < 1.29 is 24.2 Å². The van der Waals surface area contributed by atoms with Crippen LogP contribution >= 0.6 is 0 Å². The molecule has 170 valence electrons. The highest BCUT2D eigenvalue weighted by Gasteiger charge is 2.45. The maximum atomic E-state index is 13.0. The summed E-state index contributed by atoms with van der Waals surface area (Å²) in [5.41, 5.74) is 1.27. The van der Waals surface area contributed by atoms with E-state index in [0.717, 1.165) is 12.0 Å². The summed E-state index contributed by atoms with van der Waals surface area (Å²) < 4.78 is 10.8. The molecule has 0 aliphatic carbocycles. The third-order valence-electron chi connectivity index (χ3n) is 5.36. The van der Waals surface area contributed by atoms with Crippen LogP contribution in [0.5, 0.6) is 11.5 Å². The minimum atomic E-state index is -0.687. The number of methoxy groups -OCH3 is 1. The number of rotatable bonds is 9. The molecule has 0 aromatic heterocycles. The van der Waals surface area contributed by atoms with Crippen LogP contribution in [0.1, 0.15) is 30.5 Å². The van der Waals surface area contributed by atoms with Crippen molar-refractivity contribution in [3.05, 3.63) is 65.2 Å². The van der Waals surface area contributed by atoms with Crippen molar-refractivity contribution in [3.63, 3.8) is 0 Å². The van der Waals surface area contributed by atoms with Gasteiger partial charge in [0, 0.05) is 18.7 Å². The fourth-order valence-electron chi connectivity index (χ4n) is 3.64. The van der Waals surface area contributed by atoms with E-state index in [1.165, 1.54) is 4.90 Å². The number of nitrogens with zero attached hydrogens (tertiary/aromatic N) is 2. The molecular weight excluding hydrogens is 408 g/mol. The number of likely N-dealkylation sites (N-methyl/N-ethyl adjacent to an activating group) is 1. The van der Waals surface area contributed by atoms with Crippen molar-refractivity contribution in [3.8, 4) is 11.5 Å². The van der Waals surface area contributed by atoms with Gasteiger partial charge in [-0.05, 0) is 62.5 Å². The second kappa shape index (κ2) is 10.3. The number of aliphatic hydroxyl groups is 1. The van der Waals surface area contributed by atoms with Gasteiger partial charge < -0.3 is 24.4 Å². The molecule has 3 rings (SSSR count). The molecule has 0 radical (unpaired) electrons. The second-order valence-corrected chi connectivity index (χ2v) is 7.94. The highest BCUT2D eigenvalue weighted by atomic mass is 16.5. The first-order chi connectivity index (χ1) is 15.4. The number of carbonyl (C=O) groups is 2. The zero-order valence-corrected chi connectivity index (χ0v) is 19.0. The summed E-state index contributed by atoms with van der Waals surface area (Å²) in [6.07, 6.45) is 0.889. The fraction of sp³-hybridized carbons (Fsp3) is 0.360. The Labute approximate surface area is 188 Å². The standard InChI is InChI=1S/C25H30N2O5/c1-5-16-32-20-12-8-18(9-13-20)23(28)21-22(17-6-10-19(31-4)11-7-17)27(15-14-26(2)3)25(30)24(21)29/h6-13,22,28H,5,14-16H2,1-4H3/b23-21+. The van der Waals surface area contributed by atoms with Crippen molar-refractivity contribution >= 4 is 17.4 Å². The summed E-state index contributed by atoms with van der Waals surface area (Å²) in [7, 11) is 5.38. The van der Waals surface area contributed by atoms with Crippen LogP contribution in [-0.4, -0.2) is 67.5 Å². The number of carbonyl (C=O) groups excluding carboxylic acids is 2. The lowest BCUT2D eigenvalue weighted by molar-refractivity contribution is -0.140. The van der Waals surface area contributed by atoms with E-state index in [2.05, 4.69) is 0 Å². The maximum absolute atomic E-state index is 13.0. The van der Waals surface area contributed by atoms with Crippen molar-refractivity contribution in [2.24, 2.45) is 0 Å². The van der Waals surface area contributed by atoms with E-state index in [-0.39, 0.29) is 11.3 Å². The molecule has 1 heterocycles. The van der Waals surface area contributed by atoms with Crippen molar-refractivity contribution in [1.29, 1.82) is 0 Å². The van der Waals surface area contributed by atoms with Gasteiger partial charge in [-0.15, -0.1) is 0 Å². The first-order valence-corrected chi connectivity index (χ1v) is 10.7. The lowest BCUT2D eigenvalue weighted by Gasteiger charge is -2.26. The topological polar surface area (TPSA) is 79.3 Å². The average molecular weight is 439 g/mol. The Hall–Kier alpha value is -3.32. The molecule has 2 aromatic rings. The largest absolute Gasteiger partial charge is 0.507 e. The van der Waals surface area contributed by atoms with Crippen LogP contribution in [-0.2, 0) is 9.59 Å². The van der Waals surface area contributed by atoms with Gasteiger partial charge in [0.25, 0.3) is 11.7 Å². The Morgan fingerprint density at radius 2 is 1.66 bits per heavy atom. The molecule has 1 fully saturated rings. The smallest absolute Gasteiger partial charge is 0.295 e. The normalized spacial score (nSPS) is 17.8. The van der Waals surface area contributed by atoms with Crippen LogP contribution in [0.4, 0.5) is 0 Å². The molecule has 1 saturated heterocycles. The maximum Gasteiger partial charge on any atom is 0.295 e. The number of ether oxygens (including phenoxy) is 2. The minimum Gasteiger partial charge on any atom is -0.507 e. The number of Topliss-reactive ketones (excluding diaryl/α,β-unsaturated/α-hetero) is 1. The number of likely N-dealkylation sites (tertiary alicyclic amines) is 1. The van der Waals surface area contributed by atoms with E-state index in [1.54, 1.807) is 43.5 Å². The number of hydrogen-bond acceptors (Lipinski definition) is 6. The lowest BCUT2D eigenvalue weighted by Crippen LogP contribution is -2.35. The van der Waals surface area contributed by atoms with Crippen LogP contribution in [0, 0.1) is 0 Å². The Kier molecular flexibility index (Phi) is 7.53. The molecule has 0 spiro atoms. The Balaban J connectivity index is 2.04. The molecule has 1 aliphatic rings. The molecule has 7 heteroatoms. The molecule has 0 bridgehead atoms. The van der Waals surface area contributed by atoms with Gasteiger partial charge in [-0.1, -0.05) is 19.1 Å². The number of ketones is 1. The van der Waals surface area contributed by atoms with Crippen LogP contribution in [0.15, 0.2) is 54.1 Å². The van der Waals surface area contributed by atoms with E-state index in [0.29, 0.717) is 36.8 Å². The average Bonchev–Trinajstić information content (AvgIpc) is 3.06. The van der Waals surface area contributed by atoms with Gasteiger partial charge in [0.05, 0.1) is 25.3 Å². The van der Waals surface area contributed by atoms with Gasteiger partial charge in [0.1, 0.15) is 17.3 Å². The third kappa shape index (κ3) is 4.94. The van der Waals surface area contributed by atoms with Crippen molar-refractivity contribution in [2.75, 3.05) is 40.9 Å². The highest BCUT2D eigenvalue weighted by molar-refractivity contribution is 6.46. The molecule has 32 heavy (non-hydrogen) atoms. The van der Waals surface area contributed by atoms with Crippen molar-refractivity contribution in [1.82, 2.24) is 9.80 Å². The van der Waals surface area contributed by atoms with E-state index in [9.17, 15) is 14.7 Å². The summed E-state index contributed by atoms with van der Waals surface area (Å²) in [5.74, 6) is -0.146. The molecular formula is C25H30N2O5. The monoisotopic (exact) mass is 438 g/mol. The summed E-state index contributed by atoms with van der Waals surface area (Å²) in [5, 5.41) is 11.1. The minimum absolute atomic E-state index is 0.0844. The summed E-state index contributed by atoms with van der Waals surface area (Å²) in [4.78, 5) is 29.4. The molecule has 2 aromatic carbocycles. The molecule has 1 unspecified atom stereocenters. The SMILES string of the molecule is CCCOc1ccc(/C(O)=C2\C(=O)C(=O)N(CCN(C)C)C2c2ccc(OC)cc2)cc1. The van der Waals surface area contributed by atoms with E-state index >= 15 is 0 Å². The van der Waals surface area contributed by atoms with Gasteiger partial charge in [-0.2, -0.15) is 0 Å². The molecule has 1 N–H and O–H groups in total. The van der Waals surface area contributed by atoms with Gasteiger partial charge >= 0.3 is 0 Å². The number of hydrogen-bond donors (Lipinski definition) is 1. The first-order valence-electron chi connectivity index (χ1n) is 10.7. The molecule has 1 amide bonds. The van der Waals surface area contributed by atoms with E-state index < -0.39 is 17.7 Å². The van der Waals surface area contributed by atoms with Gasteiger partial charge in [-0.3, -0.25) is 9.59 Å². The van der Waals surface area contributed by atoms with Gasteiger partial charge in [-0.25, -0.2) is 0 Å². The Bertz CT molecular complexity index is 980. The third-order valence-corrected chi connectivity index (χ3v) is 5.36. The fourth-order valence-corrected chi connectivity index (χ4v) is 3.64. The second-order valence-electron chi connectivity index (χ2n) is 7.94. The van der Waals surface area contributed by atoms with Crippen LogP contribution in [0.2, 0.25) is 0 Å². The molecule has 7 nitrogen and oxygen atoms in total. The predicted octanol–water partition coefficient (Wildman–Crippen LogP) is 3.47. The molecule has 0 saturated carbocycles. The number of benzene rings is 2. The Morgan fingerprint density at radius 1 is 1.03 bits per heavy atom. The highest BCUT2D eigenvalue weighted by Crippen LogP contribution is 2.39. The molecule has 1 aliphatic heterocycles. The van der Waals surface area contributed by atoms with E-state index in [1.807, 2.05) is 38.1 Å². The number of aliphatic hydroxyl groups excluding tert-OH is 1. The quantitative estimate of drug-likeness (QED) is 0.367. The predicted molar refractivity (Wildman–Crippen MR) is 123 cm³/mol. The van der Waals surface area contributed by atoms with Crippen LogP contribution < -0.4 is 9.47 Å². The summed E-state index contributed by atoms with van der Waals surface area (Å²) in [6.45, 7) is 3.56. The molecule has 1 atom stereocenters. The zero-order chi connectivity index (χ0) is 23.3. The van der Waals surface area contributed by atoms with Crippen LogP contribution in [0.3, 0.4) is 0 Å². The zero-order valence-electron chi connectivity index (χ0n) is 19.0.